The van der Waals surface area contributed by atoms with E-state index in [0.717, 1.165) is 11.1 Å². The van der Waals surface area contributed by atoms with Crippen molar-refractivity contribution in [3.8, 4) is 0 Å². The normalized spacial score (nSPS) is 15.7. The number of nitrogens with one attached hydrogen (secondary N) is 1. The lowest BCUT2D eigenvalue weighted by atomic mass is 9.97. The molecule has 0 radical (unpaired) electrons. The Labute approximate surface area is 176 Å². The van der Waals surface area contributed by atoms with E-state index >= 15 is 0 Å². The molecule has 3 rings (SSSR count). The summed E-state index contributed by atoms with van der Waals surface area (Å²) >= 11 is 0. The second kappa shape index (κ2) is 8.93. The third-order valence-electron chi connectivity index (χ3n) is 5.41. The van der Waals surface area contributed by atoms with Gasteiger partial charge < -0.3 is 5.32 Å². The van der Waals surface area contributed by atoms with Crippen LogP contribution in [0.2, 0.25) is 0 Å². The number of rotatable bonds is 6. The van der Waals surface area contributed by atoms with Crippen LogP contribution in [0.1, 0.15) is 29.5 Å². The van der Waals surface area contributed by atoms with Gasteiger partial charge in [0.15, 0.2) is 0 Å². The van der Waals surface area contributed by atoms with Gasteiger partial charge >= 0.3 is 0 Å². The lowest BCUT2D eigenvalue weighted by Gasteiger charge is -2.30. The molecular formula is C21H25N3O5S. The van der Waals surface area contributed by atoms with E-state index in [1.54, 1.807) is 19.1 Å². The molecule has 0 aliphatic carbocycles. The SMILES string of the molecule is Cc1cccc(CS(=O)(=O)N2CCC(C(=O)Nc3cccc([N+](=O)[O-])c3C)CC2)c1. The number of carbonyl (C=O) groups excluding carboxylic acids is 1. The van der Waals surface area contributed by atoms with Gasteiger partial charge in [0.1, 0.15) is 0 Å². The molecule has 2 aromatic rings. The number of carbonyl (C=O) groups is 1. The predicted molar refractivity (Wildman–Crippen MR) is 115 cm³/mol. The zero-order valence-corrected chi connectivity index (χ0v) is 17.8. The Hall–Kier alpha value is -2.78. The van der Waals surface area contributed by atoms with Crippen molar-refractivity contribution >= 4 is 27.3 Å². The van der Waals surface area contributed by atoms with Crippen molar-refractivity contribution in [3.05, 3.63) is 69.3 Å². The fourth-order valence-corrected chi connectivity index (χ4v) is 5.24. The van der Waals surface area contributed by atoms with Crippen molar-refractivity contribution in [2.75, 3.05) is 18.4 Å². The van der Waals surface area contributed by atoms with Gasteiger partial charge in [-0.3, -0.25) is 14.9 Å². The standard InChI is InChI=1S/C21H25N3O5S/c1-15-5-3-6-17(13-15)14-30(28,29)23-11-9-18(10-12-23)21(25)22-19-7-4-8-20(16(19)2)24(26)27/h3-8,13,18H,9-12,14H2,1-2H3,(H,22,25). The molecular weight excluding hydrogens is 406 g/mol. The second-order valence-corrected chi connectivity index (χ2v) is 9.58. The minimum absolute atomic E-state index is 0.0511. The summed E-state index contributed by atoms with van der Waals surface area (Å²) in [5, 5.41) is 13.8. The van der Waals surface area contributed by atoms with E-state index in [1.807, 2.05) is 25.1 Å². The number of benzene rings is 2. The third kappa shape index (κ3) is 5.03. The molecule has 0 bridgehead atoms. The van der Waals surface area contributed by atoms with Crippen LogP contribution in [0, 0.1) is 29.9 Å². The molecule has 8 nitrogen and oxygen atoms in total. The highest BCUT2D eigenvalue weighted by Crippen LogP contribution is 2.27. The Bertz CT molecular complexity index is 1060. The van der Waals surface area contributed by atoms with Crippen LogP contribution in [-0.4, -0.2) is 36.6 Å². The van der Waals surface area contributed by atoms with E-state index in [9.17, 15) is 23.3 Å². The molecule has 1 heterocycles. The molecule has 0 aromatic heterocycles. The van der Waals surface area contributed by atoms with Gasteiger partial charge in [-0.2, -0.15) is 0 Å². The first-order valence-corrected chi connectivity index (χ1v) is 11.4. The third-order valence-corrected chi connectivity index (χ3v) is 7.26. The van der Waals surface area contributed by atoms with Gasteiger partial charge in [0, 0.05) is 25.1 Å². The summed E-state index contributed by atoms with van der Waals surface area (Å²) in [7, 11) is -3.46. The molecule has 0 saturated carbocycles. The fraction of sp³-hybridized carbons (Fsp3) is 0.381. The largest absolute Gasteiger partial charge is 0.325 e. The van der Waals surface area contributed by atoms with E-state index in [-0.39, 0.29) is 36.4 Å². The zero-order valence-electron chi connectivity index (χ0n) is 17.0. The molecule has 0 atom stereocenters. The smallest absolute Gasteiger partial charge is 0.274 e. The molecule has 0 spiro atoms. The van der Waals surface area contributed by atoms with Crippen LogP contribution >= 0.6 is 0 Å². The Morgan fingerprint density at radius 3 is 2.47 bits per heavy atom. The van der Waals surface area contributed by atoms with Crippen molar-refractivity contribution in [1.29, 1.82) is 0 Å². The van der Waals surface area contributed by atoms with E-state index in [1.165, 1.54) is 16.4 Å². The fourth-order valence-electron chi connectivity index (χ4n) is 3.69. The number of sulfonamides is 1. The molecule has 1 aliphatic rings. The molecule has 1 aliphatic heterocycles. The summed E-state index contributed by atoms with van der Waals surface area (Å²) < 4.78 is 26.9. The number of nitrogens with zero attached hydrogens (tertiary/aromatic N) is 2. The summed E-state index contributed by atoms with van der Waals surface area (Å²) in [6.07, 6.45) is 0.819. The Morgan fingerprint density at radius 2 is 1.83 bits per heavy atom. The molecule has 1 N–H and O–H groups in total. The van der Waals surface area contributed by atoms with E-state index < -0.39 is 14.9 Å². The minimum atomic E-state index is -3.46. The van der Waals surface area contributed by atoms with Gasteiger partial charge in [-0.25, -0.2) is 12.7 Å². The first-order valence-electron chi connectivity index (χ1n) is 9.75. The van der Waals surface area contributed by atoms with Crippen LogP contribution < -0.4 is 5.32 Å². The van der Waals surface area contributed by atoms with Crippen LogP contribution in [-0.2, 0) is 20.6 Å². The van der Waals surface area contributed by atoms with Crippen molar-refractivity contribution in [3.63, 3.8) is 0 Å². The van der Waals surface area contributed by atoms with Gasteiger partial charge in [-0.05, 0) is 38.3 Å². The number of amides is 1. The maximum atomic E-state index is 12.7. The van der Waals surface area contributed by atoms with Crippen molar-refractivity contribution in [2.24, 2.45) is 5.92 Å². The highest BCUT2D eigenvalue weighted by Gasteiger charge is 2.31. The maximum Gasteiger partial charge on any atom is 0.274 e. The lowest BCUT2D eigenvalue weighted by molar-refractivity contribution is -0.385. The molecule has 1 amide bonds. The van der Waals surface area contributed by atoms with Gasteiger partial charge in [-0.15, -0.1) is 0 Å². The van der Waals surface area contributed by atoms with E-state index in [0.29, 0.717) is 24.1 Å². The Kier molecular flexibility index (Phi) is 6.52. The van der Waals surface area contributed by atoms with Gasteiger partial charge in [0.05, 0.1) is 21.9 Å². The van der Waals surface area contributed by atoms with Crippen molar-refractivity contribution < 1.29 is 18.1 Å². The Balaban J connectivity index is 1.60. The topological polar surface area (TPSA) is 110 Å². The number of piperidine rings is 1. The van der Waals surface area contributed by atoms with Gasteiger partial charge in [0.2, 0.25) is 15.9 Å². The van der Waals surface area contributed by atoms with Gasteiger partial charge in [-0.1, -0.05) is 35.9 Å². The molecule has 0 unspecified atom stereocenters. The summed E-state index contributed by atoms with van der Waals surface area (Å²) in [6.45, 7) is 4.07. The van der Waals surface area contributed by atoms with Crippen LogP contribution in [0.25, 0.3) is 0 Å². The average Bonchev–Trinajstić information content (AvgIpc) is 2.69. The summed E-state index contributed by atoms with van der Waals surface area (Å²) in [4.78, 5) is 23.2. The number of hydrogen-bond acceptors (Lipinski definition) is 5. The highest BCUT2D eigenvalue weighted by atomic mass is 32.2. The molecule has 2 aromatic carbocycles. The predicted octanol–water partition coefficient (Wildman–Crippen LogP) is 3.39. The monoisotopic (exact) mass is 431 g/mol. The van der Waals surface area contributed by atoms with E-state index in [2.05, 4.69) is 5.32 Å². The first-order chi connectivity index (χ1) is 14.2. The number of hydrogen-bond donors (Lipinski definition) is 1. The summed E-state index contributed by atoms with van der Waals surface area (Å²) in [5.74, 6) is -0.637. The molecule has 30 heavy (non-hydrogen) atoms. The van der Waals surface area contributed by atoms with Crippen LogP contribution in [0.5, 0.6) is 0 Å². The average molecular weight is 432 g/mol. The first kappa shape index (κ1) is 21.9. The highest BCUT2D eigenvalue weighted by molar-refractivity contribution is 7.88. The lowest BCUT2D eigenvalue weighted by Crippen LogP contribution is -2.41. The molecule has 1 fully saturated rings. The van der Waals surface area contributed by atoms with Crippen molar-refractivity contribution in [2.45, 2.75) is 32.4 Å². The minimum Gasteiger partial charge on any atom is -0.325 e. The number of nitro groups is 1. The summed E-state index contributed by atoms with van der Waals surface area (Å²) in [5.41, 5.74) is 2.51. The van der Waals surface area contributed by atoms with Crippen LogP contribution in [0.4, 0.5) is 11.4 Å². The quantitative estimate of drug-likeness (QED) is 0.557. The van der Waals surface area contributed by atoms with E-state index in [4.69, 9.17) is 0 Å². The van der Waals surface area contributed by atoms with Crippen LogP contribution in [0.3, 0.4) is 0 Å². The van der Waals surface area contributed by atoms with Gasteiger partial charge in [0.25, 0.3) is 5.69 Å². The second-order valence-electron chi connectivity index (χ2n) is 7.61. The number of anilines is 1. The number of aryl methyl sites for hydroxylation is 1. The summed E-state index contributed by atoms with van der Waals surface area (Å²) in [6, 6.07) is 12.0. The zero-order chi connectivity index (χ0) is 21.9. The van der Waals surface area contributed by atoms with Crippen LogP contribution in [0.15, 0.2) is 42.5 Å². The van der Waals surface area contributed by atoms with Crippen molar-refractivity contribution in [1.82, 2.24) is 4.31 Å². The molecule has 9 heteroatoms. The maximum absolute atomic E-state index is 12.7. The molecule has 1 saturated heterocycles. The molecule has 160 valence electrons. The Morgan fingerprint density at radius 1 is 1.17 bits per heavy atom. The number of nitro benzene ring substituents is 1.